The number of carbonyl (C=O) groups is 2. The first-order valence-corrected chi connectivity index (χ1v) is 4.75. The zero-order valence-electron chi connectivity index (χ0n) is 8.83. The third kappa shape index (κ3) is 2.34. The van der Waals surface area contributed by atoms with E-state index in [0.29, 0.717) is 17.5 Å². The highest BCUT2D eigenvalue weighted by atomic mass is 16.2. The van der Waals surface area contributed by atoms with Gasteiger partial charge in [0.05, 0.1) is 0 Å². The van der Waals surface area contributed by atoms with Crippen LogP contribution in [0.25, 0.3) is 0 Å². The minimum absolute atomic E-state index is 0.150. The van der Waals surface area contributed by atoms with Crippen molar-refractivity contribution in [3.8, 4) is 0 Å². The smallest absolute Gasteiger partial charge is 0.251 e. The molecule has 0 unspecified atom stereocenters. The second-order valence-electron chi connectivity index (χ2n) is 3.17. The quantitative estimate of drug-likeness (QED) is 0.764. The molecule has 0 aliphatic heterocycles. The number of hydrogen-bond acceptors (Lipinski definition) is 2. The van der Waals surface area contributed by atoms with Crippen LogP contribution in [-0.4, -0.2) is 18.9 Å². The molecule has 4 nitrogen and oxygen atoms in total. The second-order valence-corrected chi connectivity index (χ2v) is 3.17. The normalized spacial score (nSPS) is 9.73. The Balaban J connectivity index is 3.20. The van der Waals surface area contributed by atoms with Crippen molar-refractivity contribution < 1.29 is 9.59 Å². The summed E-state index contributed by atoms with van der Waals surface area (Å²) in [6.45, 7) is 1.92. The monoisotopic (exact) mass is 206 g/mol. The molecule has 0 bridgehead atoms. The van der Waals surface area contributed by atoms with Crippen molar-refractivity contribution >= 4 is 11.8 Å². The van der Waals surface area contributed by atoms with Gasteiger partial charge in [0.2, 0.25) is 5.91 Å². The van der Waals surface area contributed by atoms with Gasteiger partial charge in [0.1, 0.15) is 0 Å². The molecule has 4 heteroatoms. The van der Waals surface area contributed by atoms with Crippen LogP contribution in [0.1, 0.15) is 33.2 Å². The van der Waals surface area contributed by atoms with Crippen molar-refractivity contribution in [2.75, 3.05) is 7.05 Å². The fraction of sp³-hybridized carbons (Fsp3) is 0.273. The van der Waals surface area contributed by atoms with Crippen molar-refractivity contribution in [1.82, 2.24) is 5.32 Å². The van der Waals surface area contributed by atoms with Gasteiger partial charge in [0.15, 0.2) is 0 Å². The Morgan fingerprint density at radius 2 is 2.07 bits per heavy atom. The minimum atomic E-state index is -0.479. The summed E-state index contributed by atoms with van der Waals surface area (Å²) in [4.78, 5) is 22.4. The van der Waals surface area contributed by atoms with E-state index in [1.165, 1.54) is 0 Å². The topological polar surface area (TPSA) is 72.2 Å². The number of aryl methyl sites for hydroxylation is 1. The Kier molecular flexibility index (Phi) is 3.44. The van der Waals surface area contributed by atoms with E-state index in [0.717, 1.165) is 5.56 Å². The predicted octanol–water partition coefficient (Wildman–Crippen LogP) is 0.708. The number of rotatable bonds is 3. The second kappa shape index (κ2) is 4.59. The van der Waals surface area contributed by atoms with Gasteiger partial charge in [-0.1, -0.05) is 6.92 Å². The summed E-state index contributed by atoms with van der Waals surface area (Å²) in [7, 11) is 1.57. The Labute approximate surface area is 88.5 Å². The molecule has 1 rings (SSSR count). The third-order valence-corrected chi connectivity index (χ3v) is 2.24. The standard InChI is InChI=1S/C11H14N2O2/c1-3-7-6-8(10(12)14)4-5-9(7)11(15)13-2/h4-6H,3H2,1-2H3,(H2,12,14)(H,13,15). The van der Waals surface area contributed by atoms with Crippen LogP contribution < -0.4 is 11.1 Å². The summed E-state index contributed by atoms with van der Waals surface area (Å²) < 4.78 is 0. The van der Waals surface area contributed by atoms with Crippen molar-refractivity contribution in [3.63, 3.8) is 0 Å². The van der Waals surface area contributed by atoms with Gasteiger partial charge in [-0.3, -0.25) is 9.59 Å². The Morgan fingerprint density at radius 1 is 1.40 bits per heavy atom. The van der Waals surface area contributed by atoms with Crippen LogP contribution in [0.5, 0.6) is 0 Å². The summed E-state index contributed by atoms with van der Waals surface area (Å²) in [6.07, 6.45) is 0.684. The molecule has 2 amide bonds. The number of benzene rings is 1. The average Bonchev–Trinajstić information content (AvgIpc) is 2.27. The lowest BCUT2D eigenvalue weighted by Gasteiger charge is -2.07. The molecule has 0 saturated carbocycles. The molecular weight excluding hydrogens is 192 g/mol. The summed E-state index contributed by atoms with van der Waals surface area (Å²) in [6, 6.07) is 4.84. The van der Waals surface area contributed by atoms with E-state index in [1.54, 1.807) is 25.2 Å². The first-order valence-electron chi connectivity index (χ1n) is 4.75. The van der Waals surface area contributed by atoms with E-state index in [-0.39, 0.29) is 5.91 Å². The first kappa shape index (κ1) is 11.2. The lowest BCUT2D eigenvalue weighted by Crippen LogP contribution is -2.20. The lowest BCUT2D eigenvalue weighted by atomic mass is 10.0. The molecule has 0 aliphatic rings. The fourth-order valence-electron chi connectivity index (χ4n) is 1.40. The highest BCUT2D eigenvalue weighted by molar-refractivity contribution is 5.98. The summed E-state index contributed by atoms with van der Waals surface area (Å²) in [5.74, 6) is -0.629. The van der Waals surface area contributed by atoms with Crippen LogP contribution in [-0.2, 0) is 6.42 Å². The molecule has 0 aromatic heterocycles. The maximum atomic E-state index is 11.4. The number of hydrogen-bond donors (Lipinski definition) is 2. The van der Waals surface area contributed by atoms with Crippen LogP contribution >= 0.6 is 0 Å². The molecule has 0 radical (unpaired) electrons. The molecule has 0 atom stereocenters. The molecule has 0 fully saturated rings. The number of nitrogens with one attached hydrogen (secondary N) is 1. The predicted molar refractivity (Wildman–Crippen MR) is 57.7 cm³/mol. The van der Waals surface area contributed by atoms with Gasteiger partial charge in [0.25, 0.3) is 5.91 Å². The maximum Gasteiger partial charge on any atom is 0.251 e. The third-order valence-electron chi connectivity index (χ3n) is 2.24. The van der Waals surface area contributed by atoms with Gasteiger partial charge in [-0.05, 0) is 30.2 Å². The van der Waals surface area contributed by atoms with Crippen LogP contribution in [0.4, 0.5) is 0 Å². The van der Waals surface area contributed by atoms with Crippen molar-refractivity contribution in [1.29, 1.82) is 0 Å². The van der Waals surface area contributed by atoms with Crippen molar-refractivity contribution in [2.24, 2.45) is 5.73 Å². The van der Waals surface area contributed by atoms with Gasteiger partial charge in [-0.2, -0.15) is 0 Å². The molecule has 0 heterocycles. The summed E-state index contributed by atoms with van der Waals surface area (Å²) >= 11 is 0. The molecule has 15 heavy (non-hydrogen) atoms. The SMILES string of the molecule is CCc1cc(C(N)=O)ccc1C(=O)NC. The zero-order valence-corrected chi connectivity index (χ0v) is 8.83. The van der Waals surface area contributed by atoms with Crippen molar-refractivity contribution in [3.05, 3.63) is 34.9 Å². The van der Waals surface area contributed by atoms with Gasteiger partial charge < -0.3 is 11.1 Å². The van der Waals surface area contributed by atoms with Crippen molar-refractivity contribution in [2.45, 2.75) is 13.3 Å². The molecule has 1 aromatic carbocycles. The molecule has 3 N–H and O–H groups in total. The van der Waals surface area contributed by atoms with E-state index in [9.17, 15) is 9.59 Å². The lowest BCUT2D eigenvalue weighted by molar-refractivity contribution is 0.0958. The van der Waals surface area contributed by atoms with E-state index in [1.807, 2.05) is 6.92 Å². The number of nitrogens with two attached hydrogens (primary N) is 1. The van der Waals surface area contributed by atoms with Gasteiger partial charge in [-0.25, -0.2) is 0 Å². The summed E-state index contributed by atoms with van der Waals surface area (Å²) in [5.41, 5.74) is 7.00. The highest BCUT2D eigenvalue weighted by Crippen LogP contribution is 2.12. The van der Waals surface area contributed by atoms with E-state index in [4.69, 9.17) is 5.73 Å². The first-order chi connectivity index (χ1) is 7.10. The molecule has 0 spiro atoms. The van der Waals surface area contributed by atoms with E-state index >= 15 is 0 Å². The van der Waals surface area contributed by atoms with Crippen LogP contribution in [0.15, 0.2) is 18.2 Å². The minimum Gasteiger partial charge on any atom is -0.366 e. The molecular formula is C11H14N2O2. The number of carbonyl (C=O) groups excluding carboxylic acids is 2. The van der Waals surface area contributed by atoms with Gasteiger partial charge in [0, 0.05) is 18.2 Å². The molecule has 1 aromatic rings. The van der Waals surface area contributed by atoms with Crippen LogP contribution in [0.2, 0.25) is 0 Å². The largest absolute Gasteiger partial charge is 0.366 e. The van der Waals surface area contributed by atoms with Crippen LogP contribution in [0.3, 0.4) is 0 Å². The Morgan fingerprint density at radius 3 is 2.53 bits per heavy atom. The maximum absolute atomic E-state index is 11.4. The molecule has 0 aliphatic carbocycles. The van der Waals surface area contributed by atoms with E-state index < -0.39 is 5.91 Å². The zero-order chi connectivity index (χ0) is 11.4. The molecule has 0 saturated heterocycles. The molecule has 80 valence electrons. The highest BCUT2D eigenvalue weighted by Gasteiger charge is 2.10. The number of primary amides is 1. The average molecular weight is 206 g/mol. The summed E-state index contributed by atoms with van der Waals surface area (Å²) in [5, 5.41) is 2.55. The Bertz CT molecular complexity index is 400. The van der Waals surface area contributed by atoms with Crippen LogP contribution in [0, 0.1) is 0 Å². The van der Waals surface area contributed by atoms with E-state index in [2.05, 4.69) is 5.32 Å². The fourth-order valence-corrected chi connectivity index (χ4v) is 1.40. The van der Waals surface area contributed by atoms with Gasteiger partial charge >= 0.3 is 0 Å². The van der Waals surface area contributed by atoms with Gasteiger partial charge in [-0.15, -0.1) is 0 Å². The Hall–Kier alpha value is -1.84. The number of amides is 2.